The first-order valence-corrected chi connectivity index (χ1v) is 8.99. The first kappa shape index (κ1) is 16.2. The molecule has 0 heterocycles. The van der Waals surface area contributed by atoms with Crippen molar-refractivity contribution < 1.29 is 13.2 Å². The van der Waals surface area contributed by atoms with E-state index in [0.29, 0.717) is 12.5 Å². The molecular formula is C14H13Cl2NO3S. The predicted octanol–water partition coefficient (Wildman–Crippen LogP) is 2.75. The summed E-state index contributed by atoms with van der Waals surface area (Å²) in [7, 11) is 1.31. The summed E-state index contributed by atoms with van der Waals surface area (Å²) in [4.78, 5) is 13.8. The Kier molecular flexibility index (Phi) is 4.82. The van der Waals surface area contributed by atoms with Gasteiger partial charge >= 0.3 is 0 Å². The Morgan fingerprint density at radius 2 is 2.10 bits per heavy atom. The average molecular weight is 346 g/mol. The maximum absolute atomic E-state index is 12.6. The molecule has 112 valence electrons. The fourth-order valence-electron chi connectivity index (χ4n) is 2.01. The second-order valence-corrected chi connectivity index (χ2v) is 7.83. The lowest BCUT2D eigenvalue weighted by Gasteiger charge is -2.21. The average Bonchev–Trinajstić information content (AvgIpc) is 3.20. The monoisotopic (exact) mass is 345 g/mol. The van der Waals surface area contributed by atoms with Crippen LogP contribution in [0.1, 0.15) is 23.2 Å². The maximum Gasteiger partial charge on any atom is 0.262 e. The van der Waals surface area contributed by atoms with Crippen molar-refractivity contribution in [2.75, 3.05) is 13.1 Å². The first-order chi connectivity index (χ1) is 9.84. The Morgan fingerprint density at radius 1 is 1.43 bits per heavy atom. The molecule has 1 aromatic carbocycles. The fourth-order valence-corrected chi connectivity index (χ4v) is 3.39. The van der Waals surface area contributed by atoms with Crippen LogP contribution in [-0.4, -0.2) is 32.3 Å². The van der Waals surface area contributed by atoms with Crippen LogP contribution < -0.4 is 0 Å². The molecule has 1 fully saturated rings. The van der Waals surface area contributed by atoms with E-state index < -0.39 is 15.0 Å². The Bertz CT molecular complexity index is 705. The maximum atomic E-state index is 12.6. The van der Waals surface area contributed by atoms with E-state index in [1.807, 2.05) is 0 Å². The third-order valence-electron chi connectivity index (χ3n) is 3.20. The molecule has 0 aliphatic heterocycles. The number of carbonyl (C=O) groups is 1. The molecule has 2 rings (SSSR count). The Balaban J connectivity index is 2.43. The van der Waals surface area contributed by atoms with Gasteiger partial charge in [-0.05, 0) is 30.9 Å². The summed E-state index contributed by atoms with van der Waals surface area (Å²) in [6.45, 7) is 0.596. The number of halogens is 2. The van der Waals surface area contributed by atoms with Crippen LogP contribution in [0.3, 0.4) is 0 Å². The zero-order valence-electron chi connectivity index (χ0n) is 11.1. The highest BCUT2D eigenvalue weighted by Gasteiger charge is 2.30. The zero-order chi connectivity index (χ0) is 15.6. The summed E-state index contributed by atoms with van der Waals surface area (Å²) in [6.07, 6.45) is 7.36. The van der Waals surface area contributed by atoms with Crippen molar-refractivity contribution in [3.05, 3.63) is 28.8 Å². The van der Waals surface area contributed by atoms with Gasteiger partial charge in [-0.25, -0.2) is 8.42 Å². The summed E-state index contributed by atoms with van der Waals surface area (Å²) in [6, 6.07) is 4.14. The van der Waals surface area contributed by atoms with Crippen molar-refractivity contribution in [3.63, 3.8) is 0 Å². The molecule has 1 aliphatic carbocycles. The van der Waals surface area contributed by atoms with Gasteiger partial charge in [-0.1, -0.05) is 23.6 Å². The topological polar surface area (TPSA) is 54.5 Å². The molecule has 4 nitrogen and oxygen atoms in total. The van der Waals surface area contributed by atoms with Gasteiger partial charge < -0.3 is 4.90 Å². The van der Waals surface area contributed by atoms with Crippen molar-refractivity contribution in [2.24, 2.45) is 5.92 Å². The van der Waals surface area contributed by atoms with E-state index in [1.54, 1.807) is 0 Å². The molecule has 0 N–H and O–H groups in total. The van der Waals surface area contributed by atoms with Crippen LogP contribution in [0.4, 0.5) is 0 Å². The second-order valence-electron chi connectivity index (χ2n) is 4.88. The van der Waals surface area contributed by atoms with Crippen LogP contribution in [0.15, 0.2) is 23.1 Å². The molecule has 0 aromatic heterocycles. The molecule has 0 spiro atoms. The van der Waals surface area contributed by atoms with Gasteiger partial charge in [-0.2, -0.15) is 0 Å². The lowest BCUT2D eigenvalue weighted by Crippen LogP contribution is -2.34. The Morgan fingerprint density at radius 3 is 2.62 bits per heavy atom. The molecule has 1 saturated carbocycles. The van der Waals surface area contributed by atoms with Crippen LogP contribution in [-0.2, 0) is 9.05 Å². The smallest absolute Gasteiger partial charge is 0.262 e. The van der Waals surface area contributed by atoms with E-state index in [4.69, 9.17) is 28.7 Å². The molecule has 0 radical (unpaired) electrons. The summed E-state index contributed by atoms with van der Waals surface area (Å²) in [5.41, 5.74) is -0.120. The molecule has 21 heavy (non-hydrogen) atoms. The number of amides is 1. The van der Waals surface area contributed by atoms with E-state index in [0.717, 1.165) is 12.8 Å². The minimum atomic E-state index is -4.07. The van der Waals surface area contributed by atoms with Gasteiger partial charge in [0.1, 0.15) is 0 Å². The van der Waals surface area contributed by atoms with Gasteiger partial charge in [0, 0.05) is 17.2 Å². The van der Waals surface area contributed by atoms with E-state index in [1.165, 1.54) is 23.1 Å². The van der Waals surface area contributed by atoms with Gasteiger partial charge in [-0.3, -0.25) is 4.79 Å². The molecule has 0 unspecified atom stereocenters. The van der Waals surface area contributed by atoms with Crippen molar-refractivity contribution in [2.45, 2.75) is 17.7 Å². The highest BCUT2D eigenvalue weighted by Crippen LogP contribution is 2.32. The van der Waals surface area contributed by atoms with Gasteiger partial charge in [-0.15, -0.1) is 6.42 Å². The fraction of sp³-hybridized carbons (Fsp3) is 0.357. The standard InChI is InChI=1S/C14H13Cl2NO3S/c1-2-8-17(9-10-6-7-10)14(18)13-11(15)4-3-5-12(13)21(16,19)20/h1,3-5,10H,6-9H2. The summed E-state index contributed by atoms with van der Waals surface area (Å²) in [5.74, 6) is 2.32. The number of rotatable bonds is 5. The largest absolute Gasteiger partial charge is 0.327 e. The normalized spacial score (nSPS) is 14.5. The van der Waals surface area contributed by atoms with Crippen LogP contribution in [0.5, 0.6) is 0 Å². The number of carbonyl (C=O) groups excluding carboxylic acids is 1. The van der Waals surface area contributed by atoms with Gasteiger partial charge in [0.15, 0.2) is 0 Å². The van der Waals surface area contributed by atoms with Crippen LogP contribution in [0.25, 0.3) is 0 Å². The first-order valence-electron chi connectivity index (χ1n) is 6.30. The molecule has 1 amide bonds. The highest BCUT2D eigenvalue weighted by atomic mass is 35.7. The lowest BCUT2D eigenvalue weighted by atomic mass is 10.2. The van der Waals surface area contributed by atoms with E-state index in [9.17, 15) is 13.2 Å². The molecule has 7 heteroatoms. The Hall–Kier alpha value is -1.22. The molecule has 0 bridgehead atoms. The quantitative estimate of drug-likeness (QED) is 0.609. The van der Waals surface area contributed by atoms with Crippen LogP contribution in [0.2, 0.25) is 5.02 Å². The number of hydrogen-bond acceptors (Lipinski definition) is 3. The molecular weight excluding hydrogens is 333 g/mol. The van der Waals surface area contributed by atoms with Gasteiger partial charge in [0.05, 0.1) is 22.0 Å². The third kappa shape index (κ3) is 3.91. The van der Waals surface area contributed by atoms with E-state index >= 15 is 0 Å². The van der Waals surface area contributed by atoms with Crippen LogP contribution in [0, 0.1) is 18.3 Å². The van der Waals surface area contributed by atoms with E-state index in [-0.39, 0.29) is 22.0 Å². The predicted molar refractivity (Wildman–Crippen MR) is 82.0 cm³/mol. The molecule has 1 aliphatic rings. The second kappa shape index (κ2) is 6.27. The van der Waals surface area contributed by atoms with Crippen LogP contribution >= 0.6 is 22.3 Å². The van der Waals surface area contributed by atoms with E-state index in [2.05, 4.69) is 5.92 Å². The highest BCUT2D eigenvalue weighted by molar-refractivity contribution is 8.13. The van der Waals surface area contributed by atoms with Crippen molar-refractivity contribution in [1.82, 2.24) is 4.90 Å². The summed E-state index contributed by atoms with van der Waals surface area (Å²) >= 11 is 6.00. The number of nitrogens with zero attached hydrogens (tertiary/aromatic N) is 1. The number of terminal acetylenes is 1. The number of benzene rings is 1. The molecule has 0 atom stereocenters. The molecule has 0 saturated heterocycles. The Labute approximate surface area is 133 Å². The lowest BCUT2D eigenvalue weighted by molar-refractivity contribution is 0.0766. The number of hydrogen-bond donors (Lipinski definition) is 0. The van der Waals surface area contributed by atoms with Crippen molar-refractivity contribution >= 4 is 37.2 Å². The van der Waals surface area contributed by atoms with Crippen molar-refractivity contribution in [3.8, 4) is 12.3 Å². The molecule has 1 aromatic rings. The minimum Gasteiger partial charge on any atom is -0.327 e. The summed E-state index contributed by atoms with van der Waals surface area (Å²) in [5, 5.41) is 0.0412. The SMILES string of the molecule is C#CCN(CC1CC1)C(=O)c1c(Cl)cccc1S(=O)(=O)Cl. The summed E-state index contributed by atoms with van der Waals surface area (Å²) < 4.78 is 23.2. The minimum absolute atomic E-state index is 0.0412. The van der Waals surface area contributed by atoms with Gasteiger partial charge in [0.2, 0.25) is 0 Å². The third-order valence-corrected chi connectivity index (χ3v) is 4.88. The zero-order valence-corrected chi connectivity index (χ0v) is 13.4. The van der Waals surface area contributed by atoms with Crippen molar-refractivity contribution in [1.29, 1.82) is 0 Å². The van der Waals surface area contributed by atoms with Gasteiger partial charge in [0.25, 0.3) is 15.0 Å².